The van der Waals surface area contributed by atoms with E-state index in [0.29, 0.717) is 6.42 Å². The van der Waals surface area contributed by atoms with Gasteiger partial charge in [0.2, 0.25) is 0 Å². The molecule has 0 saturated heterocycles. The van der Waals surface area contributed by atoms with E-state index in [9.17, 15) is 9.90 Å². The van der Waals surface area contributed by atoms with Crippen LogP contribution in [-0.4, -0.2) is 17.0 Å². The van der Waals surface area contributed by atoms with Gasteiger partial charge >= 0.3 is 0 Å². The molecule has 0 aliphatic heterocycles. The summed E-state index contributed by atoms with van der Waals surface area (Å²) in [4.78, 5) is 12.1. The Morgan fingerprint density at radius 2 is 2.06 bits per heavy atom. The molecule has 0 spiro atoms. The molecule has 0 aromatic heterocycles. The van der Waals surface area contributed by atoms with Gasteiger partial charge < -0.3 is 5.11 Å². The highest BCUT2D eigenvalue weighted by Gasteiger charge is 2.49. The van der Waals surface area contributed by atoms with Crippen molar-refractivity contribution in [2.75, 3.05) is 0 Å². The highest BCUT2D eigenvalue weighted by Crippen LogP contribution is 2.49. The van der Waals surface area contributed by atoms with Gasteiger partial charge in [0.05, 0.1) is 6.10 Å². The first kappa shape index (κ1) is 13.2. The fraction of sp³-hybridized carbons (Fsp3) is 0.643. The summed E-state index contributed by atoms with van der Waals surface area (Å²) < 4.78 is 0. The van der Waals surface area contributed by atoms with E-state index in [2.05, 4.69) is 6.58 Å². The zero-order valence-electron chi connectivity index (χ0n) is 10.7. The van der Waals surface area contributed by atoms with Crippen molar-refractivity contribution in [2.45, 2.75) is 46.6 Å². The molecular formula is C14H22O2. The molecular weight excluding hydrogens is 200 g/mol. The molecule has 1 fully saturated rings. The molecule has 2 unspecified atom stereocenters. The van der Waals surface area contributed by atoms with Crippen molar-refractivity contribution in [3.63, 3.8) is 0 Å². The van der Waals surface area contributed by atoms with Gasteiger partial charge in [0.1, 0.15) is 5.78 Å². The Labute approximate surface area is 98.1 Å². The van der Waals surface area contributed by atoms with Crippen molar-refractivity contribution in [3.8, 4) is 0 Å². The number of rotatable bonds is 2. The summed E-state index contributed by atoms with van der Waals surface area (Å²) >= 11 is 0. The monoisotopic (exact) mass is 222 g/mol. The molecule has 1 rings (SSSR count). The number of hydrogen-bond acceptors (Lipinski definition) is 2. The molecule has 1 aliphatic carbocycles. The maximum atomic E-state index is 12.1. The van der Waals surface area contributed by atoms with Gasteiger partial charge in [0.25, 0.3) is 0 Å². The van der Waals surface area contributed by atoms with Gasteiger partial charge in [-0.2, -0.15) is 0 Å². The standard InChI is InChI=1S/C14H22O2/c1-10(2)6-7-14(5)12(16)8-11(15)9-13(14,3)4/h6-7,11,15H,1,8-9H2,2-5H3/b7-6+. The minimum Gasteiger partial charge on any atom is -0.393 e. The Bertz CT molecular complexity index is 339. The normalized spacial score (nSPS) is 34.3. The van der Waals surface area contributed by atoms with Crippen LogP contribution in [0, 0.1) is 10.8 Å². The fourth-order valence-electron chi connectivity index (χ4n) is 2.30. The smallest absolute Gasteiger partial charge is 0.145 e. The molecule has 1 saturated carbocycles. The van der Waals surface area contributed by atoms with E-state index in [-0.39, 0.29) is 17.6 Å². The maximum absolute atomic E-state index is 12.1. The van der Waals surface area contributed by atoms with Gasteiger partial charge in [-0.15, -0.1) is 0 Å². The molecule has 90 valence electrons. The Balaban J connectivity index is 3.07. The molecule has 0 radical (unpaired) electrons. The maximum Gasteiger partial charge on any atom is 0.145 e. The van der Waals surface area contributed by atoms with E-state index < -0.39 is 11.5 Å². The third-order valence-electron chi connectivity index (χ3n) is 3.85. The average molecular weight is 222 g/mol. The summed E-state index contributed by atoms with van der Waals surface area (Å²) in [6.07, 6.45) is 4.28. The van der Waals surface area contributed by atoms with Gasteiger partial charge in [-0.25, -0.2) is 0 Å². The zero-order chi connectivity index (χ0) is 12.6. The number of carbonyl (C=O) groups is 1. The van der Waals surface area contributed by atoms with E-state index in [1.54, 1.807) is 0 Å². The minimum absolute atomic E-state index is 0.119. The second-order valence-electron chi connectivity index (χ2n) is 5.75. The first-order valence-electron chi connectivity index (χ1n) is 5.75. The number of ketones is 1. The zero-order valence-corrected chi connectivity index (χ0v) is 10.7. The molecule has 0 amide bonds. The summed E-state index contributed by atoms with van der Waals surface area (Å²) in [7, 11) is 0. The first-order chi connectivity index (χ1) is 7.19. The van der Waals surface area contributed by atoms with Crippen LogP contribution in [0.3, 0.4) is 0 Å². The Morgan fingerprint density at radius 3 is 2.50 bits per heavy atom. The fourth-order valence-corrected chi connectivity index (χ4v) is 2.30. The highest BCUT2D eigenvalue weighted by atomic mass is 16.3. The molecule has 1 aliphatic rings. The van der Waals surface area contributed by atoms with E-state index >= 15 is 0 Å². The van der Waals surface area contributed by atoms with E-state index in [1.807, 2.05) is 39.8 Å². The Kier molecular flexibility index (Phi) is 3.44. The summed E-state index contributed by atoms with van der Waals surface area (Å²) in [5, 5.41) is 9.66. The van der Waals surface area contributed by atoms with Crippen LogP contribution in [0.25, 0.3) is 0 Å². The minimum atomic E-state index is -0.495. The Hall–Kier alpha value is -0.890. The van der Waals surface area contributed by atoms with E-state index in [0.717, 1.165) is 5.57 Å². The second-order valence-corrected chi connectivity index (χ2v) is 5.75. The van der Waals surface area contributed by atoms with Crippen molar-refractivity contribution in [2.24, 2.45) is 10.8 Å². The van der Waals surface area contributed by atoms with Crippen molar-refractivity contribution in [1.29, 1.82) is 0 Å². The average Bonchev–Trinajstić information content (AvgIpc) is 2.10. The summed E-state index contributed by atoms with van der Waals surface area (Å²) in [5.74, 6) is 0.119. The number of aliphatic hydroxyl groups is 1. The van der Waals surface area contributed by atoms with Crippen LogP contribution < -0.4 is 0 Å². The third-order valence-corrected chi connectivity index (χ3v) is 3.85. The van der Waals surface area contributed by atoms with Crippen molar-refractivity contribution in [1.82, 2.24) is 0 Å². The SMILES string of the molecule is C=C(C)/C=C/C1(C)C(=O)CC(O)CC1(C)C. The van der Waals surface area contributed by atoms with Crippen molar-refractivity contribution in [3.05, 3.63) is 24.3 Å². The molecule has 0 bridgehead atoms. The lowest BCUT2D eigenvalue weighted by Crippen LogP contribution is -2.48. The van der Waals surface area contributed by atoms with Crippen LogP contribution in [0.2, 0.25) is 0 Å². The molecule has 2 nitrogen and oxygen atoms in total. The molecule has 0 heterocycles. The number of Topliss-reactive ketones (excluding diaryl/α,β-unsaturated/α-hetero) is 1. The topological polar surface area (TPSA) is 37.3 Å². The lowest BCUT2D eigenvalue weighted by atomic mass is 9.57. The third kappa shape index (κ3) is 2.27. The van der Waals surface area contributed by atoms with Crippen molar-refractivity contribution < 1.29 is 9.90 Å². The van der Waals surface area contributed by atoms with Crippen LogP contribution >= 0.6 is 0 Å². The molecule has 0 aromatic rings. The molecule has 16 heavy (non-hydrogen) atoms. The predicted octanol–water partition coefficient (Wildman–Crippen LogP) is 2.88. The van der Waals surface area contributed by atoms with Gasteiger partial charge in [-0.3, -0.25) is 4.79 Å². The predicted molar refractivity (Wildman–Crippen MR) is 66.1 cm³/mol. The molecule has 2 atom stereocenters. The number of allylic oxidation sites excluding steroid dienone is 3. The van der Waals surface area contributed by atoms with Gasteiger partial charge in [0.15, 0.2) is 0 Å². The lowest BCUT2D eigenvalue weighted by molar-refractivity contribution is -0.140. The Morgan fingerprint density at radius 1 is 1.50 bits per heavy atom. The number of carbonyl (C=O) groups excluding carboxylic acids is 1. The van der Waals surface area contributed by atoms with E-state index in [1.165, 1.54) is 0 Å². The van der Waals surface area contributed by atoms with Crippen LogP contribution in [-0.2, 0) is 4.79 Å². The quantitative estimate of drug-likeness (QED) is 0.729. The lowest BCUT2D eigenvalue weighted by Gasteiger charge is -2.46. The van der Waals surface area contributed by atoms with Crippen LogP contribution in [0.15, 0.2) is 24.3 Å². The van der Waals surface area contributed by atoms with Crippen molar-refractivity contribution >= 4 is 5.78 Å². The van der Waals surface area contributed by atoms with Gasteiger partial charge in [-0.05, 0) is 25.7 Å². The van der Waals surface area contributed by atoms with Crippen LogP contribution in [0.5, 0.6) is 0 Å². The molecule has 1 N–H and O–H groups in total. The largest absolute Gasteiger partial charge is 0.393 e. The number of aliphatic hydroxyl groups excluding tert-OH is 1. The molecule has 2 heteroatoms. The number of hydrogen-bond donors (Lipinski definition) is 1. The van der Waals surface area contributed by atoms with Gasteiger partial charge in [0, 0.05) is 11.8 Å². The molecule has 0 aromatic carbocycles. The van der Waals surface area contributed by atoms with Crippen LogP contribution in [0.4, 0.5) is 0 Å². The van der Waals surface area contributed by atoms with E-state index in [4.69, 9.17) is 0 Å². The summed E-state index contributed by atoms with van der Waals surface area (Å²) in [6, 6.07) is 0. The highest BCUT2D eigenvalue weighted by molar-refractivity contribution is 5.88. The summed E-state index contributed by atoms with van der Waals surface area (Å²) in [5.41, 5.74) is 0.231. The first-order valence-corrected chi connectivity index (χ1v) is 5.75. The van der Waals surface area contributed by atoms with Crippen LogP contribution in [0.1, 0.15) is 40.5 Å². The summed E-state index contributed by atoms with van der Waals surface area (Å²) in [6.45, 7) is 11.8. The van der Waals surface area contributed by atoms with Gasteiger partial charge in [-0.1, -0.05) is 38.2 Å². The second kappa shape index (κ2) is 4.17.